The zero-order chi connectivity index (χ0) is 26.5. The minimum absolute atomic E-state index is 0.279. The smallest absolute Gasteiger partial charge is 0.416 e. The van der Waals surface area contributed by atoms with Crippen molar-refractivity contribution >= 4 is 22.7 Å². The lowest BCUT2D eigenvalue weighted by molar-refractivity contribution is -0.149. The summed E-state index contributed by atoms with van der Waals surface area (Å²) in [5, 5.41) is 3.39. The average Bonchev–Trinajstić information content (AvgIpc) is 3.32. The summed E-state index contributed by atoms with van der Waals surface area (Å²) >= 11 is 0. The van der Waals surface area contributed by atoms with Gasteiger partial charge in [0, 0.05) is 30.8 Å². The molecular formula is C28H26F3N3O3. The standard InChI is InChI=1S/C28H26F3N3O3/c1-15-19(14-32-21-9-10-22-26(13-21)36-16(2)27(22)37-18(4)35)6-5-7-24(15)34-17(3)33-23-11-8-20(12-25(23)34)28(29,30)31/h5-13,16,27,32H,14H2,1-4H3/t16?,27-/m1/s1. The molecule has 1 aromatic heterocycles. The van der Waals surface area contributed by atoms with E-state index < -0.39 is 17.8 Å². The van der Waals surface area contributed by atoms with E-state index in [4.69, 9.17) is 9.47 Å². The molecule has 0 saturated carbocycles. The van der Waals surface area contributed by atoms with E-state index in [0.717, 1.165) is 40.2 Å². The lowest BCUT2D eigenvalue weighted by atomic mass is 10.0. The molecule has 192 valence electrons. The van der Waals surface area contributed by atoms with Crippen LogP contribution in [0.3, 0.4) is 0 Å². The third-order valence-electron chi connectivity index (χ3n) is 6.64. The van der Waals surface area contributed by atoms with E-state index in [1.54, 1.807) is 11.5 Å². The highest BCUT2D eigenvalue weighted by atomic mass is 19.4. The summed E-state index contributed by atoms with van der Waals surface area (Å²) in [7, 11) is 0. The molecule has 9 heteroatoms. The predicted octanol–water partition coefficient (Wildman–Crippen LogP) is 6.66. The Bertz CT molecular complexity index is 1510. The van der Waals surface area contributed by atoms with Gasteiger partial charge in [-0.3, -0.25) is 9.36 Å². The van der Waals surface area contributed by atoms with Gasteiger partial charge >= 0.3 is 12.1 Å². The van der Waals surface area contributed by atoms with Crippen LogP contribution in [0.5, 0.6) is 5.75 Å². The molecule has 3 aromatic carbocycles. The maximum absolute atomic E-state index is 13.4. The maximum atomic E-state index is 13.4. The number of hydrogen-bond acceptors (Lipinski definition) is 5. The lowest BCUT2D eigenvalue weighted by Gasteiger charge is -2.16. The number of ether oxygens (including phenoxy) is 2. The first-order chi connectivity index (χ1) is 17.5. The van der Waals surface area contributed by atoms with Gasteiger partial charge in [0.2, 0.25) is 0 Å². The molecule has 0 radical (unpaired) electrons. The number of fused-ring (bicyclic) bond motifs is 2. The molecule has 0 aliphatic carbocycles. The van der Waals surface area contributed by atoms with Crippen molar-refractivity contribution in [1.82, 2.24) is 9.55 Å². The van der Waals surface area contributed by atoms with Gasteiger partial charge < -0.3 is 14.8 Å². The van der Waals surface area contributed by atoms with Crippen LogP contribution in [0.2, 0.25) is 0 Å². The van der Waals surface area contributed by atoms with Crippen molar-refractivity contribution in [2.45, 2.75) is 52.6 Å². The van der Waals surface area contributed by atoms with Gasteiger partial charge in [0.25, 0.3) is 0 Å². The topological polar surface area (TPSA) is 65.4 Å². The number of anilines is 1. The number of carbonyl (C=O) groups excluding carboxylic acids is 1. The first-order valence-corrected chi connectivity index (χ1v) is 11.9. The minimum Gasteiger partial charge on any atom is -0.486 e. The molecule has 0 amide bonds. The quantitative estimate of drug-likeness (QED) is 0.305. The summed E-state index contributed by atoms with van der Waals surface area (Å²) in [4.78, 5) is 15.9. The molecule has 6 nitrogen and oxygen atoms in total. The third-order valence-corrected chi connectivity index (χ3v) is 6.64. The molecular weight excluding hydrogens is 483 g/mol. The highest BCUT2D eigenvalue weighted by Gasteiger charge is 2.34. The summed E-state index contributed by atoms with van der Waals surface area (Å²) in [6, 6.07) is 15.0. The van der Waals surface area contributed by atoms with Crippen molar-refractivity contribution in [1.29, 1.82) is 0 Å². The van der Waals surface area contributed by atoms with Crippen molar-refractivity contribution in [3.05, 3.63) is 82.7 Å². The Kier molecular flexibility index (Phi) is 6.09. The normalized spacial score (nSPS) is 16.9. The molecule has 1 aliphatic heterocycles. The Morgan fingerprint density at radius 2 is 1.92 bits per heavy atom. The van der Waals surface area contributed by atoms with E-state index in [2.05, 4.69) is 10.3 Å². The zero-order valence-corrected chi connectivity index (χ0v) is 20.8. The molecule has 1 N–H and O–H groups in total. The molecule has 2 atom stereocenters. The van der Waals surface area contributed by atoms with Crippen LogP contribution in [0, 0.1) is 13.8 Å². The lowest BCUT2D eigenvalue weighted by Crippen LogP contribution is -2.18. The Morgan fingerprint density at radius 3 is 2.65 bits per heavy atom. The number of nitrogens with one attached hydrogen (secondary N) is 1. The highest BCUT2D eigenvalue weighted by Crippen LogP contribution is 2.40. The van der Waals surface area contributed by atoms with Crippen molar-refractivity contribution in [3.63, 3.8) is 0 Å². The van der Waals surface area contributed by atoms with Crippen LogP contribution in [0.15, 0.2) is 54.6 Å². The number of hydrogen-bond donors (Lipinski definition) is 1. The van der Waals surface area contributed by atoms with Crippen LogP contribution in [-0.2, 0) is 22.3 Å². The molecule has 0 fully saturated rings. The summed E-state index contributed by atoms with van der Waals surface area (Å²) < 4.78 is 53.2. The second-order valence-corrected chi connectivity index (χ2v) is 9.22. The highest BCUT2D eigenvalue weighted by molar-refractivity contribution is 5.80. The van der Waals surface area contributed by atoms with Gasteiger partial charge in [-0.05, 0) is 68.3 Å². The average molecular weight is 510 g/mol. The zero-order valence-electron chi connectivity index (χ0n) is 20.8. The number of alkyl halides is 3. The second kappa shape index (κ2) is 9.14. The number of rotatable bonds is 5. The summed E-state index contributed by atoms with van der Waals surface area (Å²) in [6.07, 6.45) is -5.15. The van der Waals surface area contributed by atoms with Crippen molar-refractivity contribution in [2.24, 2.45) is 0 Å². The molecule has 37 heavy (non-hydrogen) atoms. The van der Waals surface area contributed by atoms with Gasteiger partial charge in [0.15, 0.2) is 6.10 Å². The van der Waals surface area contributed by atoms with Gasteiger partial charge in [-0.25, -0.2) is 4.98 Å². The molecule has 1 aliphatic rings. The second-order valence-electron chi connectivity index (χ2n) is 9.22. The van der Waals surface area contributed by atoms with Gasteiger partial charge in [0.05, 0.1) is 22.3 Å². The summed E-state index contributed by atoms with van der Waals surface area (Å²) in [5.41, 5.74) is 4.55. The fraction of sp³-hybridized carbons (Fsp3) is 0.286. The summed E-state index contributed by atoms with van der Waals surface area (Å²) in [5.74, 6) is 0.909. The number of benzene rings is 3. The number of aryl methyl sites for hydroxylation is 1. The number of aromatic nitrogens is 2. The number of nitrogens with zero attached hydrogens (tertiary/aromatic N) is 2. The maximum Gasteiger partial charge on any atom is 0.416 e. The van der Waals surface area contributed by atoms with E-state index in [9.17, 15) is 18.0 Å². The molecule has 1 unspecified atom stereocenters. The molecule has 0 spiro atoms. The first-order valence-electron chi connectivity index (χ1n) is 11.9. The Hall–Kier alpha value is -4.01. The van der Waals surface area contributed by atoms with E-state index in [0.29, 0.717) is 29.2 Å². The van der Waals surface area contributed by atoms with E-state index in [-0.39, 0.29) is 12.1 Å². The SMILES string of the molecule is CC(=O)O[C@H]1c2ccc(NCc3cccc(-n4c(C)nc5ccc(C(F)(F)F)cc54)c3C)cc2OC1C. The van der Waals surface area contributed by atoms with Crippen molar-refractivity contribution < 1.29 is 27.4 Å². The fourth-order valence-electron chi connectivity index (χ4n) is 4.81. The Labute approximate surface area is 212 Å². The van der Waals surface area contributed by atoms with Crippen LogP contribution in [-0.4, -0.2) is 21.6 Å². The number of imidazole rings is 1. The predicted molar refractivity (Wildman–Crippen MR) is 134 cm³/mol. The molecule has 4 aromatic rings. The molecule has 0 bridgehead atoms. The van der Waals surface area contributed by atoms with Gasteiger partial charge in [0.1, 0.15) is 17.7 Å². The van der Waals surface area contributed by atoms with Crippen LogP contribution < -0.4 is 10.1 Å². The fourth-order valence-corrected chi connectivity index (χ4v) is 4.81. The van der Waals surface area contributed by atoms with E-state index in [1.165, 1.54) is 13.0 Å². The number of esters is 1. The molecule has 2 heterocycles. The largest absolute Gasteiger partial charge is 0.486 e. The van der Waals surface area contributed by atoms with Gasteiger partial charge in [-0.2, -0.15) is 13.2 Å². The van der Waals surface area contributed by atoms with Crippen LogP contribution in [0.25, 0.3) is 16.7 Å². The van der Waals surface area contributed by atoms with Gasteiger partial charge in [-0.15, -0.1) is 0 Å². The van der Waals surface area contributed by atoms with E-state index >= 15 is 0 Å². The minimum atomic E-state index is -4.44. The van der Waals surface area contributed by atoms with Crippen LogP contribution in [0.4, 0.5) is 18.9 Å². The van der Waals surface area contributed by atoms with Crippen LogP contribution >= 0.6 is 0 Å². The Balaban J connectivity index is 1.42. The van der Waals surface area contributed by atoms with Gasteiger partial charge in [-0.1, -0.05) is 12.1 Å². The monoisotopic (exact) mass is 509 g/mol. The molecule has 0 saturated heterocycles. The van der Waals surface area contributed by atoms with E-state index in [1.807, 2.05) is 50.2 Å². The first kappa shape index (κ1) is 24.7. The Morgan fingerprint density at radius 1 is 1.14 bits per heavy atom. The summed E-state index contributed by atoms with van der Waals surface area (Å²) in [6.45, 7) is 7.45. The van der Waals surface area contributed by atoms with Crippen molar-refractivity contribution in [2.75, 3.05) is 5.32 Å². The number of halogens is 3. The van der Waals surface area contributed by atoms with Crippen molar-refractivity contribution in [3.8, 4) is 11.4 Å². The van der Waals surface area contributed by atoms with Crippen LogP contribution in [0.1, 0.15) is 48.0 Å². The third kappa shape index (κ3) is 4.61. The molecule has 5 rings (SSSR count). The number of carbonyl (C=O) groups is 1.